The number of rotatable bonds is 6. The van der Waals surface area contributed by atoms with Crippen LogP contribution in [0.3, 0.4) is 0 Å². The zero-order valence-electron chi connectivity index (χ0n) is 18.4. The maximum absolute atomic E-state index is 13.1. The molecule has 4 fully saturated rings. The summed E-state index contributed by atoms with van der Waals surface area (Å²) in [7, 11) is 0. The minimum atomic E-state index is -0.316. The van der Waals surface area contributed by atoms with Crippen molar-refractivity contribution >= 4 is 11.8 Å². The van der Waals surface area contributed by atoms with E-state index in [4.69, 9.17) is 0 Å². The number of pyridine rings is 2. The third-order valence-corrected chi connectivity index (χ3v) is 7.35. The van der Waals surface area contributed by atoms with Crippen LogP contribution < -0.4 is 10.6 Å². The summed E-state index contributed by atoms with van der Waals surface area (Å²) in [6.07, 6.45) is 6.16. The van der Waals surface area contributed by atoms with E-state index in [2.05, 4.69) is 20.6 Å². The molecule has 0 saturated heterocycles. The van der Waals surface area contributed by atoms with Crippen LogP contribution in [0.5, 0.6) is 0 Å². The first-order chi connectivity index (χ1) is 15.4. The van der Waals surface area contributed by atoms with Gasteiger partial charge in [-0.25, -0.2) is 9.97 Å². The number of hydrogen-bond donors (Lipinski definition) is 3. The predicted octanol–water partition coefficient (Wildman–Crippen LogP) is 2.57. The van der Waals surface area contributed by atoms with Gasteiger partial charge in [-0.3, -0.25) is 9.59 Å². The van der Waals surface area contributed by atoms with Gasteiger partial charge in [0.05, 0.1) is 0 Å². The molecule has 2 unspecified atom stereocenters. The van der Waals surface area contributed by atoms with E-state index >= 15 is 0 Å². The molecule has 2 aromatic rings. The van der Waals surface area contributed by atoms with Crippen LogP contribution >= 0.6 is 0 Å². The van der Waals surface area contributed by atoms with Crippen molar-refractivity contribution in [2.75, 3.05) is 6.61 Å². The number of aryl methyl sites for hydroxylation is 1. The van der Waals surface area contributed by atoms with Crippen LogP contribution in [0.1, 0.15) is 70.9 Å². The summed E-state index contributed by atoms with van der Waals surface area (Å²) < 4.78 is 0. The van der Waals surface area contributed by atoms with Gasteiger partial charge in [0.25, 0.3) is 11.8 Å². The van der Waals surface area contributed by atoms with E-state index in [0.717, 1.165) is 37.8 Å². The smallest absolute Gasteiger partial charge is 0.270 e. The lowest BCUT2D eigenvalue weighted by molar-refractivity contribution is -0.0449. The molecule has 32 heavy (non-hydrogen) atoms. The zero-order valence-corrected chi connectivity index (χ0v) is 18.4. The van der Waals surface area contributed by atoms with Gasteiger partial charge in [-0.2, -0.15) is 0 Å². The van der Waals surface area contributed by atoms with Gasteiger partial charge in [0, 0.05) is 35.5 Å². The Balaban J connectivity index is 1.36. The standard InChI is InChI=1S/C25H30N4O3/c1-16-4-2-6-20(26-16)22(31)28-24-11-17-10-18(12-24)14-25(13-17,15-24)29-23(32)21-7-3-5-19(27-21)8-9-30/h2-7,17-18,30H,8-15H2,1H3,(H,28,31)(H,29,32). The SMILES string of the molecule is Cc1cccc(C(=O)NC23CC4CC(C2)CC(NC(=O)c2cccc(CCO)n2)(C4)C3)n1. The Morgan fingerprint density at radius 3 is 2.06 bits per heavy atom. The number of nitrogens with zero attached hydrogens (tertiary/aromatic N) is 2. The molecule has 2 amide bonds. The van der Waals surface area contributed by atoms with Gasteiger partial charge in [-0.1, -0.05) is 12.1 Å². The molecule has 0 radical (unpaired) electrons. The summed E-state index contributed by atoms with van der Waals surface area (Å²) in [4.78, 5) is 35.0. The van der Waals surface area contributed by atoms with E-state index in [-0.39, 0.29) is 29.5 Å². The average Bonchev–Trinajstić information content (AvgIpc) is 2.72. The number of carbonyl (C=O) groups is 2. The Bertz CT molecular complexity index is 1040. The Kier molecular flexibility index (Phi) is 5.24. The molecule has 3 N–H and O–H groups in total. The summed E-state index contributed by atoms with van der Waals surface area (Å²) in [6.45, 7) is 1.89. The molecule has 0 aliphatic heterocycles. The summed E-state index contributed by atoms with van der Waals surface area (Å²) in [5.74, 6) is 0.691. The van der Waals surface area contributed by atoms with E-state index in [1.54, 1.807) is 12.1 Å². The van der Waals surface area contributed by atoms with Crippen molar-refractivity contribution in [3.63, 3.8) is 0 Å². The van der Waals surface area contributed by atoms with Gasteiger partial charge in [0.2, 0.25) is 0 Å². The first-order valence-corrected chi connectivity index (χ1v) is 11.5. The summed E-state index contributed by atoms with van der Waals surface area (Å²) in [5.41, 5.74) is 1.75. The number of aliphatic hydroxyl groups is 1. The van der Waals surface area contributed by atoms with E-state index < -0.39 is 0 Å². The Hall–Kier alpha value is -2.80. The first-order valence-electron chi connectivity index (χ1n) is 11.5. The lowest BCUT2D eigenvalue weighted by Crippen LogP contribution is -2.70. The molecule has 4 bridgehead atoms. The predicted molar refractivity (Wildman–Crippen MR) is 119 cm³/mol. The van der Waals surface area contributed by atoms with Crippen molar-refractivity contribution in [1.82, 2.24) is 20.6 Å². The van der Waals surface area contributed by atoms with E-state index in [9.17, 15) is 14.7 Å². The van der Waals surface area contributed by atoms with Gasteiger partial charge < -0.3 is 15.7 Å². The largest absolute Gasteiger partial charge is 0.396 e. The second kappa shape index (κ2) is 7.96. The first kappa shape index (κ1) is 21.1. The minimum Gasteiger partial charge on any atom is -0.396 e. The van der Waals surface area contributed by atoms with Crippen molar-refractivity contribution in [3.8, 4) is 0 Å². The molecule has 4 aliphatic rings. The van der Waals surface area contributed by atoms with E-state index in [1.807, 2.05) is 31.2 Å². The van der Waals surface area contributed by atoms with Crippen molar-refractivity contribution in [2.24, 2.45) is 11.8 Å². The summed E-state index contributed by atoms with van der Waals surface area (Å²) in [5, 5.41) is 15.8. The summed E-state index contributed by atoms with van der Waals surface area (Å²) >= 11 is 0. The van der Waals surface area contributed by atoms with Gasteiger partial charge in [-0.15, -0.1) is 0 Å². The molecule has 7 heteroatoms. The fraction of sp³-hybridized carbons (Fsp3) is 0.520. The molecular weight excluding hydrogens is 404 g/mol. The van der Waals surface area contributed by atoms with Crippen LogP contribution in [0, 0.1) is 18.8 Å². The molecule has 4 aliphatic carbocycles. The van der Waals surface area contributed by atoms with Crippen LogP contribution in [0.15, 0.2) is 36.4 Å². The fourth-order valence-electron chi connectivity index (χ4n) is 6.69. The second-order valence-electron chi connectivity index (χ2n) is 10.1. The van der Waals surface area contributed by atoms with Crippen LogP contribution in [-0.4, -0.2) is 44.6 Å². The number of hydrogen-bond acceptors (Lipinski definition) is 5. The number of aromatic nitrogens is 2. The molecule has 2 aromatic heterocycles. The van der Waals surface area contributed by atoms with E-state index in [0.29, 0.717) is 35.3 Å². The third kappa shape index (κ3) is 4.01. The summed E-state index contributed by atoms with van der Waals surface area (Å²) in [6, 6.07) is 10.8. The Morgan fingerprint density at radius 1 is 0.938 bits per heavy atom. The maximum atomic E-state index is 13.1. The van der Waals surface area contributed by atoms with Gasteiger partial charge in [0.15, 0.2) is 0 Å². The zero-order chi connectivity index (χ0) is 22.3. The van der Waals surface area contributed by atoms with Crippen molar-refractivity contribution in [1.29, 1.82) is 0 Å². The highest BCUT2D eigenvalue weighted by Gasteiger charge is 2.58. The molecule has 6 rings (SSSR count). The Labute approximate surface area is 188 Å². The molecule has 2 heterocycles. The second-order valence-corrected chi connectivity index (χ2v) is 10.1. The lowest BCUT2D eigenvalue weighted by Gasteiger charge is -2.62. The molecule has 7 nitrogen and oxygen atoms in total. The minimum absolute atomic E-state index is 0.00336. The van der Waals surface area contributed by atoms with Crippen molar-refractivity contribution in [3.05, 3.63) is 59.2 Å². The fourth-order valence-corrected chi connectivity index (χ4v) is 6.69. The van der Waals surface area contributed by atoms with Crippen LogP contribution in [0.25, 0.3) is 0 Å². The normalized spacial score (nSPS) is 30.2. The van der Waals surface area contributed by atoms with Gasteiger partial charge >= 0.3 is 0 Å². The Morgan fingerprint density at radius 2 is 1.50 bits per heavy atom. The highest BCUT2D eigenvalue weighted by Crippen LogP contribution is 2.57. The number of amides is 2. The average molecular weight is 435 g/mol. The highest BCUT2D eigenvalue weighted by molar-refractivity contribution is 5.93. The molecule has 0 spiro atoms. The lowest BCUT2D eigenvalue weighted by atomic mass is 9.49. The number of carbonyl (C=O) groups excluding carboxylic acids is 2. The quantitative estimate of drug-likeness (QED) is 0.648. The van der Waals surface area contributed by atoms with Gasteiger partial charge in [0.1, 0.15) is 11.4 Å². The molecule has 168 valence electrons. The van der Waals surface area contributed by atoms with E-state index in [1.165, 1.54) is 6.42 Å². The molecule has 0 aromatic carbocycles. The van der Waals surface area contributed by atoms with Crippen LogP contribution in [-0.2, 0) is 6.42 Å². The van der Waals surface area contributed by atoms with Crippen molar-refractivity contribution in [2.45, 2.75) is 62.9 Å². The molecule has 2 atom stereocenters. The van der Waals surface area contributed by atoms with Gasteiger partial charge in [-0.05, 0) is 81.5 Å². The van der Waals surface area contributed by atoms with Crippen LogP contribution in [0.4, 0.5) is 0 Å². The highest BCUT2D eigenvalue weighted by atomic mass is 16.3. The number of aliphatic hydroxyl groups excluding tert-OH is 1. The number of nitrogens with one attached hydrogen (secondary N) is 2. The third-order valence-electron chi connectivity index (χ3n) is 7.35. The molecule has 4 saturated carbocycles. The molecular formula is C25H30N4O3. The maximum Gasteiger partial charge on any atom is 0.270 e. The monoisotopic (exact) mass is 434 g/mol. The van der Waals surface area contributed by atoms with Crippen molar-refractivity contribution < 1.29 is 14.7 Å². The van der Waals surface area contributed by atoms with Crippen LogP contribution in [0.2, 0.25) is 0 Å². The topological polar surface area (TPSA) is 104 Å².